The van der Waals surface area contributed by atoms with E-state index in [1.165, 1.54) is 29.0 Å². The second-order valence-electron chi connectivity index (χ2n) is 7.31. The van der Waals surface area contributed by atoms with Gasteiger partial charge in [-0.1, -0.05) is 48.5 Å². The molecule has 35 heavy (non-hydrogen) atoms. The van der Waals surface area contributed by atoms with Crippen molar-refractivity contribution in [1.29, 1.82) is 0 Å². The molecule has 0 bridgehead atoms. The van der Waals surface area contributed by atoms with Crippen molar-refractivity contribution >= 4 is 56.7 Å². The first kappa shape index (κ1) is 27.7. The van der Waals surface area contributed by atoms with Crippen LogP contribution in [0.4, 0.5) is 5.69 Å². The number of benzene rings is 4. The Kier molecular flexibility index (Phi) is 11.1. The maximum atomic E-state index is 10.4. The predicted octanol–water partition coefficient (Wildman–Crippen LogP) is 6.99. The van der Waals surface area contributed by atoms with E-state index in [2.05, 4.69) is 57.6 Å². The first-order chi connectivity index (χ1) is 16.4. The molecule has 0 atom stereocenters. The normalized spacial score (nSPS) is 9.86. The third kappa shape index (κ3) is 8.63. The monoisotopic (exact) mass is 557 g/mol. The molecule has 0 radical (unpaired) electrons. The van der Waals surface area contributed by atoms with Crippen LogP contribution in [0, 0.1) is 0 Å². The van der Waals surface area contributed by atoms with Gasteiger partial charge in [0.15, 0.2) is 0 Å². The number of nitrogens with one attached hydrogen (secondary N) is 1. The van der Waals surface area contributed by atoms with E-state index < -0.39 is 11.9 Å². The van der Waals surface area contributed by atoms with Gasteiger partial charge in [0.05, 0.1) is 17.7 Å². The van der Waals surface area contributed by atoms with Crippen molar-refractivity contribution in [3.63, 3.8) is 0 Å². The van der Waals surface area contributed by atoms with Crippen LogP contribution in [0.2, 0.25) is 0 Å². The highest BCUT2D eigenvalue weighted by Gasteiger charge is 2.06. The van der Waals surface area contributed by atoms with Crippen molar-refractivity contribution in [3.05, 3.63) is 107 Å². The fraction of sp³-hybridized carbons (Fsp3) is 0.111. The van der Waals surface area contributed by atoms with Gasteiger partial charge in [0.2, 0.25) is 0 Å². The largest absolute Gasteiger partial charge is 0.494 e. The zero-order valence-electron chi connectivity index (χ0n) is 18.7. The average Bonchev–Trinajstić information content (AvgIpc) is 2.85. The summed E-state index contributed by atoms with van der Waals surface area (Å²) in [4.78, 5) is 20.8. The lowest BCUT2D eigenvalue weighted by Crippen LogP contribution is -2.07. The summed E-state index contributed by atoms with van der Waals surface area (Å²) in [5, 5.41) is 22.9. The number of hydrogen-bond acceptors (Lipinski definition) is 4. The van der Waals surface area contributed by atoms with Crippen molar-refractivity contribution in [3.8, 4) is 5.75 Å². The maximum absolute atomic E-state index is 10.4. The number of halogens is 2. The summed E-state index contributed by atoms with van der Waals surface area (Å²) in [6, 6.07) is 27.9. The summed E-state index contributed by atoms with van der Waals surface area (Å²) in [6.45, 7) is 1.59. The van der Waals surface area contributed by atoms with Gasteiger partial charge in [0.1, 0.15) is 5.75 Å². The van der Waals surface area contributed by atoms with Crippen molar-refractivity contribution in [2.75, 3.05) is 18.5 Å². The smallest absolute Gasteiger partial charge is 0.335 e. The fourth-order valence-corrected chi connectivity index (χ4v) is 3.56. The Morgan fingerprint density at radius 1 is 0.771 bits per heavy atom. The number of para-hydroxylation sites is 1. The molecule has 0 aliphatic carbocycles. The number of carboxylic acid groups (broad SMARTS) is 2. The molecular weight excluding hydrogens is 534 g/mol. The van der Waals surface area contributed by atoms with E-state index in [1.54, 1.807) is 0 Å². The molecule has 0 fully saturated rings. The Labute approximate surface area is 218 Å². The third-order valence-electron chi connectivity index (χ3n) is 4.86. The minimum absolute atomic E-state index is 0. The van der Waals surface area contributed by atoms with Gasteiger partial charge in [-0.05, 0) is 75.6 Å². The summed E-state index contributed by atoms with van der Waals surface area (Å²) in [7, 11) is 0. The zero-order valence-corrected chi connectivity index (χ0v) is 21.1. The Morgan fingerprint density at radius 3 is 2.06 bits per heavy atom. The SMILES string of the molecule is Brc1ccccc1NCCCOc1ccc2ccccc2c1.Cl.O=C(O)c1cccc(C(=O)O)c1. The van der Waals surface area contributed by atoms with Gasteiger partial charge in [-0.25, -0.2) is 9.59 Å². The highest BCUT2D eigenvalue weighted by molar-refractivity contribution is 9.10. The minimum Gasteiger partial charge on any atom is -0.494 e. The zero-order chi connectivity index (χ0) is 24.3. The number of rotatable bonds is 8. The molecule has 4 rings (SSSR count). The quantitative estimate of drug-likeness (QED) is 0.202. The summed E-state index contributed by atoms with van der Waals surface area (Å²) in [6.07, 6.45) is 0.953. The van der Waals surface area contributed by atoms with E-state index in [-0.39, 0.29) is 23.5 Å². The van der Waals surface area contributed by atoms with Crippen LogP contribution < -0.4 is 10.1 Å². The molecule has 3 N–H and O–H groups in total. The van der Waals surface area contributed by atoms with Gasteiger partial charge in [-0.3, -0.25) is 0 Å². The number of ether oxygens (including phenoxy) is 1. The molecule has 8 heteroatoms. The van der Waals surface area contributed by atoms with E-state index in [0.29, 0.717) is 6.61 Å². The molecule has 4 aromatic carbocycles. The molecule has 182 valence electrons. The molecule has 0 saturated carbocycles. The van der Waals surface area contributed by atoms with E-state index in [0.717, 1.165) is 34.9 Å². The summed E-state index contributed by atoms with van der Waals surface area (Å²) >= 11 is 3.53. The van der Waals surface area contributed by atoms with Crippen LogP contribution in [0.5, 0.6) is 5.75 Å². The number of anilines is 1. The Morgan fingerprint density at radius 2 is 1.40 bits per heavy atom. The van der Waals surface area contributed by atoms with Crippen LogP contribution >= 0.6 is 28.3 Å². The molecule has 4 aromatic rings. The standard InChI is InChI=1S/C19H18BrNO.C8H6O4.ClH/c20-18-8-3-4-9-19(18)21-12-5-13-22-17-11-10-15-6-1-2-7-16(15)14-17;9-7(10)5-2-1-3-6(4-5)8(11)12;/h1-4,6-11,14,21H,5,12-13H2;1-4H,(H,9,10)(H,11,12);1H. The van der Waals surface area contributed by atoms with Gasteiger partial charge in [0, 0.05) is 16.7 Å². The van der Waals surface area contributed by atoms with Crippen molar-refractivity contribution in [2.45, 2.75) is 6.42 Å². The Balaban J connectivity index is 0.000000284. The number of fused-ring (bicyclic) bond motifs is 1. The summed E-state index contributed by atoms with van der Waals surface area (Å²) < 4.78 is 6.92. The Hall–Kier alpha value is -3.55. The molecule has 0 amide bonds. The van der Waals surface area contributed by atoms with E-state index in [4.69, 9.17) is 14.9 Å². The van der Waals surface area contributed by atoms with Gasteiger partial charge < -0.3 is 20.3 Å². The first-order valence-corrected chi connectivity index (χ1v) is 11.4. The van der Waals surface area contributed by atoms with Gasteiger partial charge in [-0.2, -0.15) is 0 Å². The lowest BCUT2D eigenvalue weighted by molar-refractivity contribution is 0.0696. The lowest BCUT2D eigenvalue weighted by atomic mass is 10.1. The summed E-state index contributed by atoms with van der Waals surface area (Å²) in [5.74, 6) is -1.32. The van der Waals surface area contributed by atoms with Crippen LogP contribution in [0.1, 0.15) is 27.1 Å². The van der Waals surface area contributed by atoms with Gasteiger partial charge >= 0.3 is 11.9 Å². The van der Waals surface area contributed by atoms with Crippen LogP contribution in [-0.2, 0) is 0 Å². The molecule has 0 spiro atoms. The van der Waals surface area contributed by atoms with Crippen molar-refractivity contribution in [2.24, 2.45) is 0 Å². The van der Waals surface area contributed by atoms with Crippen LogP contribution in [0.25, 0.3) is 10.8 Å². The van der Waals surface area contributed by atoms with Crippen LogP contribution in [0.3, 0.4) is 0 Å². The van der Waals surface area contributed by atoms with Crippen LogP contribution in [0.15, 0.2) is 95.5 Å². The second-order valence-corrected chi connectivity index (χ2v) is 8.16. The molecule has 0 aliphatic heterocycles. The molecule has 6 nitrogen and oxygen atoms in total. The first-order valence-electron chi connectivity index (χ1n) is 10.6. The second kappa shape index (κ2) is 14.0. The molecule has 0 heterocycles. The van der Waals surface area contributed by atoms with Crippen molar-refractivity contribution < 1.29 is 24.5 Å². The highest BCUT2D eigenvalue weighted by atomic mass is 79.9. The van der Waals surface area contributed by atoms with Crippen LogP contribution in [-0.4, -0.2) is 35.3 Å². The third-order valence-corrected chi connectivity index (χ3v) is 5.55. The number of hydrogen-bond donors (Lipinski definition) is 3. The molecule has 0 aliphatic rings. The predicted molar refractivity (Wildman–Crippen MR) is 144 cm³/mol. The average molecular weight is 559 g/mol. The van der Waals surface area contributed by atoms with Gasteiger partial charge in [0.25, 0.3) is 0 Å². The molecule has 0 aromatic heterocycles. The number of carboxylic acids is 2. The molecule has 0 saturated heterocycles. The Bertz CT molecular complexity index is 1250. The topological polar surface area (TPSA) is 95.9 Å². The fourth-order valence-electron chi connectivity index (χ4n) is 3.13. The number of aromatic carboxylic acids is 2. The highest BCUT2D eigenvalue weighted by Crippen LogP contribution is 2.22. The van der Waals surface area contributed by atoms with E-state index in [1.807, 2.05) is 30.3 Å². The van der Waals surface area contributed by atoms with E-state index in [9.17, 15) is 9.59 Å². The minimum atomic E-state index is -1.13. The van der Waals surface area contributed by atoms with E-state index >= 15 is 0 Å². The molecule has 0 unspecified atom stereocenters. The van der Waals surface area contributed by atoms with Crippen molar-refractivity contribution in [1.82, 2.24) is 0 Å². The lowest BCUT2D eigenvalue weighted by Gasteiger charge is -2.10. The molecular formula is C27H25BrClNO5. The van der Waals surface area contributed by atoms with Gasteiger partial charge in [-0.15, -0.1) is 12.4 Å². The maximum Gasteiger partial charge on any atom is 0.335 e. The summed E-state index contributed by atoms with van der Waals surface area (Å²) in [5.41, 5.74) is 1.08. The number of carbonyl (C=O) groups is 2.